The summed E-state index contributed by atoms with van der Waals surface area (Å²) in [4.78, 5) is 0. The number of nitrogens with two attached hydrogens (primary N) is 1. The van der Waals surface area contributed by atoms with E-state index < -0.39 is 18.3 Å². The zero-order chi connectivity index (χ0) is 12.9. The second kappa shape index (κ2) is 6.59. The summed E-state index contributed by atoms with van der Waals surface area (Å²) in [5, 5.41) is 0. The molecule has 0 heterocycles. The van der Waals surface area contributed by atoms with Crippen LogP contribution in [0.25, 0.3) is 0 Å². The fourth-order valence-corrected chi connectivity index (χ4v) is 2.22. The second-order valence-corrected chi connectivity index (χ2v) is 4.78. The van der Waals surface area contributed by atoms with Gasteiger partial charge in [0.2, 0.25) is 0 Å². The molecule has 0 bridgehead atoms. The standard InChI is InChI=1S/C12H22F3NO/c1-2-10(16)11(12(13,14)15)17-9-7-5-3-4-6-8-9/h9-11H,2-8,16H2,1H3. The van der Waals surface area contributed by atoms with E-state index in [2.05, 4.69) is 0 Å². The fourth-order valence-electron chi connectivity index (χ4n) is 2.22. The van der Waals surface area contributed by atoms with Gasteiger partial charge in [0, 0.05) is 6.04 Å². The van der Waals surface area contributed by atoms with E-state index >= 15 is 0 Å². The molecule has 0 aliphatic heterocycles. The molecule has 2 N–H and O–H groups in total. The molecule has 1 fully saturated rings. The van der Waals surface area contributed by atoms with Gasteiger partial charge in [-0.15, -0.1) is 0 Å². The molecule has 1 saturated carbocycles. The van der Waals surface area contributed by atoms with Gasteiger partial charge in [0.05, 0.1) is 6.10 Å². The Labute approximate surface area is 101 Å². The Hall–Kier alpha value is -0.290. The Kier molecular flexibility index (Phi) is 5.73. The average molecular weight is 253 g/mol. The molecule has 0 aromatic carbocycles. The molecule has 2 nitrogen and oxygen atoms in total. The minimum absolute atomic E-state index is 0.275. The molecule has 1 aliphatic carbocycles. The lowest BCUT2D eigenvalue weighted by Crippen LogP contribution is -2.48. The van der Waals surface area contributed by atoms with Gasteiger partial charge >= 0.3 is 6.18 Å². The van der Waals surface area contributed by atoms with E-state index in [0.717, 1.165) is 38.5 Å². The lowest BCUT2D eigenvalue weighted by molar-refractivity contribution is -0.240. The quantitative estimate of drug-likeness (QED) is 0.779. The SMILES string of the molecule is CCC(N)C(OC1CCCCCC1)C(F)(F)F. The van der Waals surface area contributed by atoms with Crippen LogP contribution in [0.15, 0.2) is 0 Å². The van der Waals surface area contributed by atoms with Crippen molar-refractivity contribution in [3.05, 3.63) is 0 Å². The van der Waals surface area contributed by atoms with Crippen molar-refractivity contribution < 1.29 is 17.9 Å². The summed E-state index contributed by atoms with van der Waals surface area (Å²) in [5.41, 5.74) is 5.51. The molecule has 1 rings (SSSR count). The van der Waals surface area contributed by atoms with Crippen molar-refractivity contribution in [3.63, 3.8) is 0 Å². The number of hydrogen-bond acceptors (Lipinski definition) is 2. The van der Waals surface area contributed by atoms with Crippen LogP contribution in [0.4, 0.5) is 13.2 Å². The Bertz CT molecular complexity index is 212. The first-order chi connectivity index (χ1) is 7.95. The van der Waals surface area contributed by atoms with Crippen LogP contribution in [-0.2, 0) is 4.74 Å². The molecule has 0 amide bonds. The predicted molar refractivity (Wildman–Crippen MR) is 60.7 cm³/mol. The first kappa shape index (κ1) is 14.8. The monoisotopic (exact) mass is 253 g/mol. The predicted octanol–water partition coefficient (Wildman–Crippen LogP) is 3.39. The highest BCUT2D eigenvalue weighted by molar-refractivity contribution is 4.81. The number of ether oxygens (including phenoxy) is 1. The van der Waals surface area contributed by atoms with E-state index in [1.807, 2.05) is 0 Å². The zero-order valence-electron chi connectivity index (χ0n) is 10.3. The molecule has 1 aliphatic rings. The van der Waals surface area contributed by atoms with Crippen LogP contribution in [-0.4, -0.2) is 24.4 Å². The van der Waals surface area contributed by atoms with Crippen molar-refractivity contribution in [1.82, 2.24) is 0 Å². The second-order valence-electron chi connectivity index (χ2n) is 4.78. The Morgan fingerprint density at radius 2 is 1.71 bits per heavy atom. The number of alkyl halides is 3. The van der Waals surface area contributed by atoms with Gasteiger partial charge in [-0.25, -0.2) is 0 Å². The lowest BCUT2D eigenvalue weighted by atomic mass is 10.1. The Morgan fingerprint density at radius 3 is 2.12 bits per heavy atom. The Balaban J connectivity index is 2.58. The van der Waals surface area contributed by atoms with Crippen LogP contribution in [0.3, 0.4) is 0 Å². The van der Waals surface area contributed by atoms with Gasteiger partial charge in [0.1, 0.15) is 0 Å². The average Bonchev–Trinajstić information content (AvgIpc) is 2.51. The van der Waals surface area contributed by atoms with E-state index in [-0.39, 0.29) is 12.5 Å². The highest BCUT2D eigenvalue weighted by Gasteiger charge is 2.45. The summed E-state index contributed by atoms with van der Waals surface area (Å²) < 4.78 is 43.7. The van der Waals surface area contributed by atoms with Gasteiger partial charge in [-0.1, -0.05) is 32.6 Å². The number of rotatable bonds is 4. The molecule has 102 valence electrons. The number of hydrogen-bond donors (Lipinski definition) is 1. The van der Waals surface area contributed by atoms with E-state index in [1.165, 1.54) is 0 Å². The molecule has 2 atom stereocenters. The van der Waals surface area contributed by atoms with Crippen molar-refractivity contribution in [2.45, 2.75) is 76.3 Å². The van der Waals surface area contributed by atoms with Crippen LogP contribution < -0.4 is 5.73 Å². The third-order valence-electron chi connectivity index (χ3n) is 3.32. The van der Waals surface area contributed by atoms with Gasteiger partial charge in [-0.3, -0.25) is 0 Å². The first-order valence-corrected chi connectivity index (χ1v) is 6.43. The topological polar surface area (TPSA) is 35.2 Å². The van der Waals surface area contributed by atoms with Gasteiger partial charge in [-0.2, -0.15) is 13.2 Å². The normalized spacial score (nSPS) is 23.1. The maximum atomic E-state index is 12.8. The zero-order valence-corrected chi connectivity index (χ0v) is 10.3. The van der Waals surface area contributed by atoms with Crippen LogP contribution in [0.5, 0.6) is 0 Å². The molecular weight excluding hydrogens is 231 g/mol. The highest BCUT2D eigenvalue weighted by atomic mass is 19.4. The third kappa shape index (κ3) is 4.84. The smallest absolute Gasteiger partial charge is 0.364 e. The molecule has 5 heteroatoms. The first-order valence-electron chi connectivity index (χ1n) is 6.43. The number of halogens is 3. The summed E-state index contributed by atoms with van der Waals surface area (Å²) in [7, 11) is 0. The largest absolute Gasteiger partial charge is 0.416 e. The van der Waals surface area contributed by atoms with Crippen LogP contribution in [0.2, 0.25) is 0 Å². The summed E-state index contributed by atoms with van der Waals surface area (Å²) >= 11 is 0. The summed E-state index contributed by atoms with van der Waals surface area (Å²) in [6.07, 6.45) is -0.623. The molecule has 17 heavy (non-hydrogen) atoms. The van der Waals surface area contributed by atoms with Crippen molar-refractivity contribution in [1.29, 1.82) is 0 Å². The maximum absolute atomic E-state index is 12.8. The minimum Gasteiger partial charge on any atom is -0.364 e. The van der Waals surface area contributed by atoms with Crippen molar-refractivity contribution in [2.24, 2.45) is 5.73 Å². The van der Waals surface area contributed by atoms with E-state index in [9.17, 15) is 13.2 Å². The molecule has 0 spiro atoms. The van der Waals surface area contributed by atoms with Crippen molar-refractivity contribution in [2.75, 3.05) is 0 Å². The highest BCUT2D eigenvalue weighted by Crippen LogP contribution is 2.30. The molecule has 0 radical (unpaired) electrons. The van der Waals surface area contributed by atoms with Gasteiger partial charge in [0.15, 0.2) is 6.10 Å². The van der Waals surface area contributed by atoms with Crippen LogP contribution in [0.1, 0.15) is 51.9 Å². The minimum atomic E-state index is -4.36. The van der Waals surface area contributed by atoms with Gasteiger partial charge < -0.3 is 10.5 Å². The molecule has 0 aromatic heterocycles. The Morgan fingerprint density at radius 1 is 1.18 bits per heavy atom. The summed E-state index contributed by atoms with van der Waals surface area (Å²) in [6.45, 7) is 1.65. The van der Waals surface area contributed by atoms with Crippen LogP contribution >= 0.6 is 0 Å². The molecule has 2 unspecified atom stereocenters. The van der Waals surface area contributed by atoms with Gasteiger partial charge in [0.25, 0.3) is 0 Å². The third-order valence-corrected chi connectivity index (χ3v) is 3.32. The molecular formula is C12H22F3NO. The summed E-state index contributed by atoms with van der Waals surface area (Å²) in [5.74, 6) is 0. The maximum Gasteiger partial charge on any atom is 0.416 e. The lowest BCUT2D eigenvalue weighted by Gasteiger charge is -2.29. The van der Waals surface area contributed by atoms with Gasteiger partial charge in [-0.05, 0) is 19.3 Å². The van der Waals surface area contributed by atoms with E-state index in [0.29, 0.717) is 0 Å². The van der Waals surface area contributed by atoms with E-state index in [4.69, 9.17) is 10.5 Å². The van der Waals surface area contributed by atoms with Crippen LogP contribution in [0, 0.1) is 0 Å². The summed E-state index contributed by atoms with van der Waals surface area (Å²) in [6, 6.07) is -0.960. The molecule has 0 saturated heterocycles. The van der Waals surface area contributed by atoms with Crippen molar-refractivity contribution >= 4 is 0 Å². The van der Waals surface area contributed by atoms with E-state index in [1.54, 1.807) is 6.92 Å². The fraction of sp³-hybridized carbons (Fsp3) is 1.00. The molecule has 0 aromatic rings. The van der Waals surface area contributed by atoms with Crippen molar-refractivity contribution in [3.8, 4) is 0 Å².